The number of fused-ring (bicyclic) bond motifs is 2. The molecule has 5 heterocycles. The van der Waals surface area contributed by atoms with Crippen molar-refractivity contribution >= 4 is 56.9 Å². The summed E-state index contributed by atoms with van der Waals surface area (Å²) in [5.74, 6) is 8.35. The number of aliphatic imine (C=N–C) groups is 1. The topological polar surface area (TPSA) is 121 Å². The second kappa shape index (κ2) is 16.9. The van der Waals surface area contributed by atoms with Crippen LogP contribution in [0.4, 0.5) is 5.00 Å². The summed E-state index contributed by atoms with van der Waals surface area (Å²) in [5.41, 5.74) is 8.26. The molecule has 2 aromatic carbocycles. The van der Waals surface area contributed by atoms with Crippen LogP contribution in [-0.4, -0.2) is 76.9 Å². The highest BCUT2D eigenvalue weighted by Crippen LogP contribution is 2.41. The molecule has 0 bridgehead atoms. The number of pyridine rings is 1. The van der Waals surface area contributed by atoms with Gasteiger partial charge in [-0.2, -0.15) is 0 Å². The number of nitrogens with zero attached hydrogens (tertiary/aromatic N) is 5. The number of carbonyl (C=O) groups is 1. The van der Waals surface area contributed by atoms with Gasteiger partial charge >= 0.3 is 0 Å². The number of ether oxygens (including phenoxy) is 1. The molecule has 292 valence electrons. The molecule has 0 spiro atoms. The molecular formula is C45H47ClN8O2S. The van der Waals surface area contributed by atoms with Crippen LogP contribution in [0.1, 0.15) is 70.6 Å². The molecule has 3 aliphatic rings. The number of aromatic nitrogens is 1. The highest BCUT2D eigenvalue weighted by molar-refractivity contribution is 7.17. The quantitative estimate of drug-likeness (QED) is 0.0615. The number of likely N-dealkylation sites (tertiary alicyclic amines) is 1. The summed E-state index contributed by atoms with van der Waals surface area (Å²) >= 11 is 7.68. The number of anilines is 1. The predicted octanol–water partition coefficient (Wildman–Crippen LogP) is 7.90. The molecule has 4 aromatic rings. The van der Waals surface area contributed by atoms with Crippen LogP contribution in [0.2, 0.25) is 5.02 Å². The van der Waals surface area contributed by atoms with Crippen LogP contribution in [0.3, 0.4) is 0 Å². The zero-order chi connectivity index (χ0) is 40.4. The minimum Gasteiger partial charge on any atom is -0.493 e. The SMILES string of the molecule is C=CCCC(C(=O)NC)N1Cc2c(OCC3CN(Cc4ccc(C#Cc5sc6c(c5C)C(c5ccc(Cl)cc5)=N[C@@H](C)C(=N)N6C(C)=N)nc4)C3)cccc2C1=C. The maximum Gasteiger partial charge on any atom is 0.242 e. The van der Waals surface area contributed by atoms with Crippen molar-refractivity contribution in [3.63, 3.8) is 0 Å². The normalized spacial score (nSPS) is 17.1. The monoisotopic (exact) mass is 798 g/mol. The number of thiophene rings is 1. The largest absolute Gasteiger partial charge is 0.493 e. The molecule has 1 unspecified atom stereocenters. The molecule has 1 fully saturated rings. The van der Waals surface area contributed by atoms with Crippen LogP contribution in [0, 0.1) is 35.5 Å². The Labute approximate surface area is 343 Å². The van der Waals surface area contributed by atoms with Gasteiger partial charge in [0.1, 0.15) is 40.2 Å². The Hall–Kier alpha value is -5.54. The number of hydrogen-bond acceptors (Lipinski definition) is 9. The number of likely N-dealkylation sites (N-methyl/N-ethyl adjacent to an activating group) is 1. The molecule has 3 aliphatic heterocycles. The number of nitrogens with one attached hydrogen (secondary N) is 3. The smallest absolute Gasteiger partial charge is 0.242 e. The van der Waals surface area contributed by atoms with Crippen LogP contribution in [0.5, 0.6) is 5.75 Å². The maximum atomic E-state index is 12.8. The Morgan fingerprint density at radius 1 is 1.18 bits per heavy atom. The van der Waals surface area contributed by atoms with E-state index in [0.29, 0.717) is 36.2 Å². The van der Waals surface area contributed by atoms with Gasteiger partial charge in [0, 0.05) is 78.3 Å². The Balaban J connectivity index is 0.975. The van der Waals surface area contributed by atoms with Crippen molar-refractivity contribution in [2.45, 2.75) is 58.8 Å². The van der Waals surface area contributed by atoms with Crippen molar-refractivity contribution in [1.82, 2.24) is 20.1 Å². The Morgan fingerprint density at radius 2 is 1.95 bits per heavy atom. The van der Waals surface area contributed by atoms with Crippen molar-refractivity contribution in [2.75, 3.05) is 31.6 Å². The molecule has 7 rings (SSSR count). The Morgan fingerprint density at radius 3 is 2.63 bits per heavy atom. The summed E-state index contributed by atoms with van der Waals surface area (Å²) in [5, 5.41) is 21.6. The Kier molecular flexibility index (Phi) is 11.8. The lowest BCUT2D eigenvalue weighted by Crippen LogP contribution is -2.48. The summed E-state index contributed by atoms with van der Waals surface area (Å²) in [6.07, 6.45) is 5.16. The van der Waals surface area contributed by atoms with Crippen molar-refractivity contribution in [1.29, 1.82) is 10.8 Å². The number of halogens is 1. The molecule has 0 saturated carbocycles. The van der Waals surface area contributed by atoms with Gasteiger partial charge in [-0.05, 0) is 80.8 Å². The zero-order valence-corrected chi connectivity index (χ0v) is 34.4. The van der Waals surface area contributed by atoms with Gasteiger partial charge in [-0.15, -0.1) is 17.9 Å². The average molecular weight is 799 g/mol. The van der Waals surface area contributed by atoms with Gasteiger partial charge in [0.25, 0.3) is 0 Å². The number of benzene rings is 2. The van der Waals surface area contributed by atoms with Crippen LogP contribution in [0.25, 0.3) is 5.70 Å². The third-order valence-corrected chi connectivity index (χ3v) is 12.2. The van der Waals surface area contributed by atoms with E-state index in [2.05, 4.69) is 57.2 Å². The molecule has 0 aliphatic carbocycles. The average Bonchev–Trinajstić information content (AvgIpc) is 3.66. The molecule has 10 nitrogen and oxygen atoms in total. The second-order valence-corrected chi connectivity index (χ2v) is 16.2. The van der Waals surface area contributed by atoms with Crippen molar-refractivity contribution in [3.05, 3.63) is 129 Å². The fraction of sp³-hybridized carbons (Fsp3) is 0.311. The lowest BCUT2D eigenvalue weighted by molar-refractivity contribution is -0.125. The van der Waals surface area contributed by atoms with E-state index in [1.54, 1.807) is 18.9 Å². The second-order valence-electron chi connectivity index (χ2n) is 14.7. The van der Waals surface area contributed by atoms with Crippen LogP contribution >= 0.6 is 22.9 Å². The number of rotatable bonds is 11. The van der Waals surface area contributed by atoms with Crippen molar-refractivity contribution in [3.8, 4) is 17.6 Å². The highest BCUT2D eigenvalue weighted by Gasteiger charge is 2.35. The molecule has 3 N–H and O–H groups in total. The van der Waals surface area contributed by atoms with E-state index in [0.717, 1.165) is 86.5 Å². The van der Waals surface area contributed by atoms with E-state index in [1.165, 1.54) is 11.3 Å². The first-order valence-corrected chi connectivity index (χ1v) is 20.3. The summed E-state index contributed by atoms with van der Waals surface area (Å²) in [6.45, 7) is 17.6. The minimum absolute atomic E-state index is 0.0202. The van der Waals surface area contributed by atoms with E-state index in [-0.39, 0.29) is 23.6 Å². The van der Waals surface area contributed by atoms with E-state index >= 15 is 0 Å². The zero-order valence-electron chi connectivity index (χ0n) is 32.8. The molecule has 2 aromatic heterocycles. The number of amidine groups is 2. The molecule has 2 atom stereocenters. The first-order chi connectivity index (χ1) is 27.5. The van der Waals surface area contributed by atoms with Gasteiger partial charge < -0.3 is 15.0 Å². The van der Waals surface area contributed by atoms with Crippen LogP contribution in [0.15, 0.2) is 85.0 Å². The van der Waals surface area contributed by atoms with Crippen LogP contribution < -0.4 is 15.0 Å². The number of hydrogen-bond donors (Lipinski definition) is 3. The van der Waals surface area contributed by atoms with Gasteiger partial charge in [-0.25, -0.2) is 4.98 Å². The van der Waals surface area contributed by atoms with Gasteiger partial charge in [-0.3, -0.25) is 30.4 Å². The van der Waals surface area contributed by atoms with E-state index < -0.39 is 6.04 Å². The fourth-order valence-corrected chi connectivity index (χ4v) is 9.00. The maximum absolute atomic E-state index is 12.8. The summed E-state index contributed by atoms with van der Waals surface area (Å²) < 4.78 is 6.40. The Bertz CT molecular complexity index is 2330. The molecular weight excluding hydrogens is 752 g/mol. The third kappa shape index (κ3) is 8.17. The summed E-state index contributed by atoms with van der Waals surface area (Å²) in [6, 6.07) is 16.9. The summed E-state index contributed by atoms with van der Waals surface area (Å²) in [7, 11) is 1.67. The van der Waals surface area contributed by atoms with Gasteiger partial charge in [0.15, 0.2) is 0 Å². The minimum atomic E-state index is -0.435. The number of allylic oxidation sites excluding steroid dienone is 1. The molecule has 1 amide bonds. The van der Waals surface area contributed by atoms with Gasteiger partial charge in [0.05, 0.1) is 17.2 Å². The van der Waals surface area contributed by atoms with E-state index in [4.69, 9.17) is 32.1 Å². The van der Waals surface area contributed by atoms with Crippen molar-refractivity contribution in [2.24, 2.45) is 10.9 Å². The molecule has 1 saturated heterocycles. The van der Waals surface area contributed by atoms with Gasteiger partial charge in [0.2, 0.25) is 5.91 Å². The van der Waals surface area contributed by atoms with E-state index in [1.807, 2.05) is 68.6 Å². The summed E-state index contributed by atoms with van der Waals surface area (Å²) in [4.78, 5) is 29.4. The predicted molar refractivity (Wildman–Crippen MR) is 232 cm³/mol. The molecule has 12 heteroatoms. The number of carbonyl (C=O) groups excluding carboxylic acids is 1. The standard InChI is InChI=1S/C45H47ClN8O2S/c1-7-8-11-38(44(55)49-6)53-25-37-36(29(53)4)10-9-12-39(37)56-26-32-23-52(24-32)22-31-13-18-35(50-21-31)19-20-40-27(2)41-42(33-14-16-34(46)17-15-33)51-28(3)43(48)54(30(5)47)45(41)57-40/h7,9-10,12-18,21,28,32,38,47-48H,1,4,8,11,22-26H2,2-3,5-6H3,(H,49,55)/t28-,38?/m0/s1. The molecule has 0 radical (unpaired) electrons. The number of amides is 1. The lowest BCUT2D eigenvalue weighted by atomic mass is 9.99. The third-order valence-electron chi connectivity index (χ3n) is 10.7. The fourth-order valence-electron chi connectivity index (χ4n) is 7.64. The van der Waals surface area contributed by atoms with Crippen LogP contribution in [-0.2, 0) is 17.9 Å². The van der Waals surface area contributed by atoms with E-state index in [9.17, 15) is 4.79 Å². The first-order valence-electron chi connectivity index (χ1n) is 19.1. The highest BCUT2D eigenvalue weighted by atomic mass is 35.5. The van der Waals surface area contributed by atoms with Gasteiger partial charge in [-0.1, -0.05) is 54.6 Å². The first kappa shape index (κ1) is 39.7. The molecule has 57 heavy (non-hydrogen) atoms. The van der Waals surface area contributed by atoms with Crippen molar-refractivity contribution < 1.29 is 9.53 Å². The lowest BCUT2D eigenvalue weighted by Gasteiger charge is -2.39.